The van der Waals surface area contributed by atoms with E-state index in [2.05, 4.69) is 15.5 Å². The van der Waals surface area contributed by atoms with Crippen molar-refractivity contribution in [2.45, 2.75) is 6.61 Å². The first-order valence-corrected chi connectivity index (χ1v) is 11.3. The van der Waals surface area contributed by atoms with Crippen LogP contribution in [0.2, 0.25) is 0 Å². The quantitative estimate of drug-likeness (QED) is 0.190. The van der Waals surface area contributed by atoms with Crippen LogP contribution >= 0.6 is 11.3 Å². The van der Waals surface area contributed by atoms with Gasteiger partial charge in [0.05, 0.1) is 25.9 Å². The average molecular weight is 472 g/mol. The number of nitrogens with zero attached hydrogens (tertiary/aromatic N) is 2. The second kappa shape index (κ2) is 10.1. The van der Waals surface area contributed by atoms with E-state index >= 15 is 0 Å². The van der Waals surface area contributed by atoms with Gasteiger partial charge in [-0.25, -0.2) is 4.98 Å². The van der Waals surface area contributed by atoms with Crippen molar-refractivity contribution in [3.8, 4) is 33.6 Å². The maximum atomic E-state index is 5.92. The number of nitrogens with one attached hydrogen (secondary N) is 1. The summed E-state index contributed by atoms with van der Waals surface area (Å²) in [7, 11) is 1.62. The molecule has 1 N–H and O–H groups in total. The van der Waals surface area contributed by atoms with Crippen molar-refractivity contribution in [3.05, 3.63) is 96.4 Å². The fourth-order valence-electron chi connectivity index (χ4n) is 3.30. The molecule has 0 spiro atoms. The molecule has 3 aromatic heterocycles. The Morgan fingerprint density at radius 2 is 1.74 bits per heavy atom. The number of hydrazone groups is 1. The average Bonchev–Trinajstić information content (AvgIpc) is 3.65. The molecule has 0 saturated carbocycles. The number of furan rings is 2. The lowest BCUT2D eigenvalue weighted by molar-refractivity contribution is 0.284. The fourth-order valence-corrected chi connectivity index (χ4v) is 4.19. The molecular formula is C26H21N3O4S. The molecule has 0 aliphatic carbocycles. The molecule has 8 heteroatoms. The van der Waals surface area contributed by atoms with Crippen molar-refractivity contribution in [1.82, 2.24) is 4.98 Å². The number of aromatic nitrogens is 1. The summed E-state index contributed by atoms with van der Waals surface area (Å²) in [5.74, 6) is 2.68. The van der Waals surface area contributed by atoms with E-state index in [9.17, 15) is 0 Å². The minimum absolute atomic E-state index is 0.465. The lowest BCUT2D eigenvalue weighted by Crippen LogP contribution is -1.98. The molecule has 0 aliphatic heterocycles. The van der Waals surface area contributed by atoms with Gasteiger partial charge in [-0.05, 0) is 53.6 Å². The second-order valence-corrected chi connectivity index (χ2v) is 8.20. The van der Waals surface area contributed by atoms with Crippen molar-refractivity contribution in [2.24, 2.45) is 5.10 Å². The van der Waals surface area contributed by atoms with E-state index in [1.54, 1.807) is 25.9 Å². The van der Waals surface area contributed by atoms with Gasteiger partial charge in [0.25, 0.3) is 0 Å². The van der Waals surface area contributed by atoms with Crippen molar-refractivity contribution < 1.29 is 18.3 Å². The third-order valence-electron chi connectivity index (χ3n) is 4.93. The van der Waals surface area contributed by atoms with Gasteiger partial charge in [-0.15, -0.1) is 0 Å². The maximum Gasteiger partial charge on any atom is 0.204 e. The number of benzene rings is 2. The van der Waals surface area contributed by atoms with Gasteiger partial charge in [-0.2, -0.15) is 5.10 Å². The Hall–Kier alpha value is -4.30. The Bertz CT molecular complexity index is 1310. The highest BCUT2D eigenvalue weighted by atomic mass is 32.1. The number of rotatable bonds is 9. The molecule has 0 fully saturated rings. The third kappa shape index (κ3) is 4.87. The summed E-state index contributed by atoms with van der Waals surface area (Å²) < 4.78 is 22.5. The third-order valence-corrected chi connectivity index (χ3v) is 5.90. The Morgan fingerprint density at radius 1 is 0.941 bits per heavy atom. The van der Waals surface area contributed by atoms with Gasteiger partial charge in [-0.3, -0.25) is 5.43 Å². The van der Waals surface area contributed by atoms with E-state index in [-0.39, 0.29) is 0 Å². The molecule has 0 saturated heterocycles. The first-order chi connectivity index (χ1) is 16.8. The molecule has 34 heavy (non-hydrogen) atoms. The Kier molecular flexibility index (Phi) is 6.40. The summed E-state index contributed by atoms with van der Waals surface area (Å²) in [6.45, 7) is 0.465. The Labute approximate surface area is 200 Å². The second-order valence-electron chi connectivity index (χ2n) is 7.21. The highest BCUT2D eigenvalue weighted by molar-refractivity contribution is 7.19. The van der Waals surface area contributed by atoms with Gasteiger partial charge in [0.15, 0.2) is 17.3 Å². The number of hydrogen-bond acceptors (Lipinski definition) is 8. The lowest BCUT2D eigenvalue weighted by Gasteiger charge is -2.11. The van der Waals surface area contributed by atoms with Crippen LogP contribution in [0.25, 0.3) is 22.1 Å². The van der Waals surface area contributed by atoms with Gasteiger partial charge in [0, 0.05) is 0 Å². The summed E-state index contributed by atoms with van der Waals surface area (Å²) in [4.78, 5) is 5.50. The van der Waals surface area contributed by atoms with Crippen LogP contribution in [0.5, 0.6) is 11.5 Å². The lowest BCUT2D eigenvalue weighted by atomic mass is 10.2. The maximum absolute atomic E-state index is 5.92. The van der Waals surface area contributed by atoms with Gasteiger partial charge >= 0.3 is 0 Å². The summed E-state index contributed by atoms with van der Waals surface area (Å²) >= 11 is 1.43. The standard InChI is InChI=1S/C26H21N3O4S/c1-30-23-15-19(11-12-20(23)33-17-18-7-3-2-4-8-18)16-27-29-26-28-24(21-9-5-13-31-21)25(34-26)22-10-6-14-32-22/h2-16H,17H2,1H3,(H,28,29)/b27-16-. The summed E-state index contributed by atoms with van der Waals surface area (Å²) in [5, 5.41) is 4.96. The van der Waals surface area contributed by atoms with Crippen LogP contribution in [0.4, 0.5) is 5.13 Å². The molecule has 0 atom stereocenters. The van der Waals surface area contributed by atoms with Crippen molar-refractivity contribution in [2.75, 3.05) is 12.5 Å². The molecule has 0 amide bonds. The van der Waals surface area contributed by atoms with Crippen LogP contribution in [0.1, 0.15) is 11.1 Å². The van der Waals surface area contributed by atoms with E-state index in [0.717, 1.165) is 21.8 Å². The summed E-state index contributed by atoms with van der Waals surface area (Å²) in [5.41, 5.74) is 5.64. The van der Waals surface area contributed by atoms with Gasteiger partial charge < -0.3 is 18.3 Å². The molecule has 0 radical (unpaired) electrons. The summed E-state index contributed by atoms with van der Waals surface area (Å²) in [6, 6.07) is 23.1. The molecule has 5 rings (SSSR count). The Balaban J connectivity index is 1.30. The molecule has 0 aliphatic rings. The van der Waals surface area contributed by atoms with E-state index in [1.165, 1.54) is 11.3 Å². The van der Waals surface area contributed by atoms with E-state index in [0.29, 0.717) is 34.7 Å². The first kappa shape index (κ1) is 21.5. The van der Waals surface area contributed by atoms with Gasteiger partial charge in [-0.1, -0.05) is 41.7 Å². The van der Waals surface area contributed by atoms with Gasteiger partial charge in [0.1, 0.15) is 22.9 Å². The molecule has 3 heterocycles. The minimum atomic E-state index is 0.465. The zero-order chi connectivity index (χ0) is 23.2. The smallest absolute Gasteiger partial charge is 0.204 e. The van der Waals surface area contributed by atoms with E-state index in [1.807, 2.05) is 72.8 Å². The first-order valence-electron chi connectivity index (χ1n) is 10.5. The van der Waals surface area contributed by atoms with Crippen molar-refractivity contribution >= 4 is 22.7 Å². The number of thiazole rings is 1. The normalized spacial score (nSPS) is 11.1. The van der Waals surface area contributed by atoms with Crippen molar-refractivity contribution in [3.63, 3.8) is 0 Å². The van der Waals surface area contributed by atoms with Crippen LogP contribution in [0.15, 0.2) is 99.3 Å². The topological polar surface area (TPSA) is 82.0 Å². The molecule has 0 bridgehead atoms. The largest absolute Gasteiger partial charge is 0.493 e. The van der Waals surface area contributed by atoms with Crippen LogP contribution < -0.4 is 14.9 Å². The number of ether oxygens (including phenoxy) is 2. The van der Waals surface area contributed by atoms with Crippen LogP contribution in [0, 0.1) is 0 Å². The minimum Gasteiger partial charge on any atom is -0.493 e. The number of hydrogen-bond donors (Lipinski definition) is 1. The molecule has 5 aromatic rings. The highest BCUT2D eigenvalue weighted by Gasteiger charge is 2.18. The number of anilines is 1. The zero-order valence-electron chi connectivity index (χ0n) is 18.3. The van der Waals surface area contributed by atoms with E-state index < -0.39 is 0 Å². The molecule has 7 nitrogen and oxygen atoms in total. The monoisotopic (exact) mass is 471 g/mol. The highest BCUT2D eigenvalue weighted by Crippen LogP contribution is 2.39. The Morgan fingerprint density at radius 3 is 2.47 bits per heavy atom. The number of methoxy groups -OCH3 is 1. The zero-order valence-corrected chi connectivity index (χ0v) is 19.1. The summed E-state index contributed by atoms with van der Waals surface area (Å²) in [6.07, 6.45) is 4.95. The predicted molar refractivity (Wildman–Crippen MR) is 133 cm³/mol. The van der Waals surface area contributed by atoms with Crippen molar-refractivity contribution in [1.29, 1.82) is 0 Å². The molecular weight excluding hydrogens is 450 g/mol. The van der Waals surface area contributed by atoms with Crippen LogP contribution in [-0.2, 0) is 6.61 Å². The SMILES string of the molecule is COc1cc(/C=N\Nc2nc(-c3ccco3)c(-c3ccco3)s2)ccc1OCc1ccccc1. The van der Waals surface area contributed by atoms with Crippen LogP contribution in [-0.4, -0.2) is 18.3 Å². The molecule has 0 unspecified atom stereocenters. The molecule has 170 valence electrons. The fraction of sp³-hybridized carbons (Fsp3) is 0.0769. The van der Waals surface area contributed by atoms with Crippen LogP contribution in [0.3, 0.4) is 0 Å². The van der Waals surface area contributed by atoms with E-state index in [4.69, 9.17) is 18.3 Å². The predicted octanol–water partition coefficient (Wildman–Crippen LogP) is 6.70. The van der Waals surface area contributed by atoms with Gasteiger partial charge in [0.2, 0.25) is 5.13 Å². The molecule has 2 aromatic carbocycles.